The van der Waals surface area contributed by atoms with E-state index in [1.807, 2.05) is 38.1 Å². The zero-order valence-electron chi connectivity index (χ0n) is 16.5. The molecule has 3 heteroatoms. The van der Waals surface area contributed by atoms with Crippen molar-refractivity contribution in [3.05, 3.63) is 88.0 Å². The molecule has 3 nitrogen and oxygen atoms in total. The molecule has 0 amide bonds. The zero-order valence-corrected chi connectivity index (χ0v) is 16.5. The molecule has 27 heavy (non-hydrogen) atoms. The minimum atomic E-state index is 0.0417. The first kappa shape index (κ1) is 19.2. The third-order valence-electron chi connectivity index (χ3n) is 5.26. The van der Waals surface area contributed by atoms with Gasteiger partial charge in [0.15, 0.2) is 0 Å². The molecule has 0 aliphatic rings. The Balaban J connectivity index is 2.18. The molecule has 0 fully saturated rings. The molecule has 0 bridgehead atoms. The van der Waals surface area contributed by atoms with E-state index in [2.05, 4.69) is 49.1 Å². The summed E-state index contributed by atoms with van der Waals surface area (Å²) in [6.45, 7) is 8.36. The van der Waals surface area contributed by atoms with Crippen LogP contribution < -0.4 is 4.90 Å². The van der Waals surface area contributed by atoms with Gasteiger partial charge in [0.25, 0.3) is 0 Å². The van der Waals surface area contributed by atoms with Crippen molar-refractivity contribution in [2.24, 2.45) is 0 Å². The molecule has 0 aromatic heterocycles. The van der Waals surface area contributed by atoms with Crippen LogP contribution in [0.4, 0.5) is 17.1 Å². The van der Waals surface area contributed by atoms with Crippen molar-refractivity contribution in [1.82, 2.24) is 0 Å². The number of hydrogen-bond donors (Lipinski definition) is 2. The molecule has 140 valence electrons. The Morgan fingerprint density at radius 2 is 0.963 bits per heavy atom. The number of rotatable bonds is 5. The quantitative estimate of drug-likeness (QED) is 0.642. The predicted molar refractivity (Wildman–Crippen MR) is 112 cm³/mol. The monoisotopic (exact) mass is 361 g/mol. The van der Waals surface area contributed by atoms with Gasteiger partial charge in [-0.25, -0.2) is 0 Å². The van der Waals surface area contributed by atoms with Crippen LogP contribution in [0, 0.1) is 27.7 Å². The lowest BCUT2D eigenvalue weighted by Gasteiger charge is -2.27. The second kappa shape index (κ2) is 7.95. The van der Waals surface area contributed by atoms with E-state index in [0.717, 1.165) is 39.3 Å². The summed E-state index contributed by atoms with van der Waals surface area (Å²) >= 11 is 0. The average Bonchev–Trinajstić information content (AvgIpc) is 2.65. The lowest BCUT2D eigenvalue weighted by Crippen LogP contribution is -2.11. The van der Waals surface area contributed by atoms with Gasteiger partial charge in [0.05, 0.1) is 13.2 Å². The largest absolute Gasteiger partial charge is 0.392 e. The first-order valence-corrected chi connectivity index (χ1v) is 9.22. The van der Waals surface area contributed by atoms with Crippen LogP contribution in [-0.2, 0) is 13.2 Å². The average molecular weight is 361 g/mol. The highest BCUT2D eigenvalue weighted by molar-refractivity contribution is 5.78. The second-order valence-electron chi connectivity index (χ2n) is 7.14. The maximum atomic E-state index is 9.51. The molecule has 0 spiro atoms. The number of anilines is 3. The predicted octanol–water partition coefficient (Wildman–Crippen LogP) is 5.37. The maximum absolute atomic E-state index is 9.51. The van der Waals surface area contributed by atoms with Crippen LogP contribution >= 0.6 is 0 Å². The Hall–Kier alpha value is -2.62. The molecular weight excluding hydrogens is 334 g/mol. The van der Waals surface area contributed by atoms with E-state index in [1.54, 1.807) is 0 Å². The minimum absolute atomic E-state index is 0.0417. The summed E-state index contributed by atoms with van der Waals surface area (Å²) in [4.78, 5) is 2.22. The fourth-order valence-electron chi connectivity index (χ4n) is 3.30. The fraction of sp³-hybridized carbons (Fsp3) is 0.250. The molecule has 3 aromatic rings. The van der Waals surface area contributed by atoms with Crippen LogP contribution in [0.3, 0.4) is 0 Å². The van der Waals surface area contributed by atoms with Gasteiger partial charge >= 0.3 is 0 Å². The molecular formula is C24H27NO2. The van der Waals surface area contributed by atoms with E-state index in [4.69, 9.17) is 0 Å². The van der Waals surface area contributed by atoms with Gasteiger partial charge in [-0.2, -0.15) is 0 Å². The zero-order chi connectivity index (χ0) is 19.6. The summed E-state index contributed by atoms with van der Waals surface area (Å²) in [6, 6.07) is 18.7. The van der Waals surface area contributed by atoms with Crippen LogP contribution in [0.2, 0.25) is 0 Å². The number of aliphatic hydroxyl groups excluding tert-OH is 2. The summed E-state index contributed by atoms with van der Waals surface area (Å²) in [7, 11) is 0. The molecule has 0 unspecified atom stereocenters. The number of nitrogens with zero attached hydrogens (tertiary/aromatic N) is 1. The molecule has 3 aromatic carbocycles. The number of hydrogen-bond acceptors (Lipinski definition) is 3. The normalized spacial score (nSPS) is 10.9. The van der Waals surface area contributed by atoms with Gasteiger partial charge in [-0.05, 0) is 97.5 Å². The first-order chi connectivity index (χ1) is 12.9. The second-order valence-corrected chi connectivity index (χ2v) is 7.14. The SMILES string of the molecule is Cc1ccc(N(c2ccc(CO)c(C)c2)c2ccc(CO)c(C)c2)cc1C. The van der Waals surface area contributed by atoms with Gasteiger partial charge in [0.1, 0.15) is 0 Å². The summed E-state index contributed by atoms with van der Waals surface area (Å²) in [6.07, 6.45) is 0. The molecule has 0 atom stereocenters. The summed E-state index contributed by atoms with van der Waals surface area (Å²) in [5, 5.41) is 19.0. The van der Waals surface area contributed by atoms with Crippen LogP contribution in [0.15, 0.2) is 54.6 Å². The van der Waals surface area contributed by atoms with Crippen molar-refractivity contribution in [2.45, 2.75) is 40.9 Å². The van der Waals surface area contributed by atoms with Gasteiger partial charge in [-0.1, -0.05) is 18.2 Å². The summed E-state index contributed by atoms with van der Waals surface area (Å²) < 4.78 is 0. The first-order valence-electron chi connectivity index (χ1n) is 9.22. The number of aliphatic hydroxyl groups is 2. The van der Waals surface area contributed by atoms with Crippen LogP contribution in [-0.4, -0.2) is 10.2 Å². The van der Waals surface area contributed by atoms with E-state index >= 15 is 0 Å². The molecule has 0 aliphatic carbocycles. The lowest BCUT2D eigenvalue weighted by molar-refractivity contribution is 0.281. The summed E-state index contributed by atoms with van der Waals surface area (Å²) in [5.74, 6) is 0. The number of aryl methyl sites for hydroxylation is 4. The summed E-state index contributed by atoms with van der Waals surface area (Å²) in [5.41, 5.74) is 9.68. The van der Waals surface area contributed by atoms with Gasteiger partial charge in [0.2, 0.25) is 0 Å². The molecule has 0 saturated carbocycles. The van der Waals surface area contributed by atoms with E-state index in [1.165, 1.54) is 11.1 Å². The minimum Gasteiger partial charge on any atom is -0.392 e. The Bertz CT molecular complexity index is 909. The third kappa shape index (κ3) is 3.90. The van der Waals surface area contributed by atoms with Crippen LogP contribution in [0.1, 0.15) is 33.4 Å². The molecule has 0 radical (unpaired) electrons. The highest BCUT2D eigenvalue weighted by Gasteiger charge is 2.15. The maximum Gasteiger partial charge on any atom is 0.0684 e. The van der Waals surface area contributed by atoms with Crippen LogP contribution in [0.5, 0.6) is 0 Å². The van der Waals surface area contributed by atoms with Gasteiger partial charge in [-0.15, -0.1) is 0 Å². The smallest absolute Gasteiger partial charge is 0.0684 e. The van der Waals surface area contributed by atoms with Gasteiger partial charge in [0, 0.05) is 17.1 Å². The molecule has 0 aliphatic heterocycles. The van der Waals surface area contributed by atoms with Gasteiger partial charge < -0.3 is 15.1 Å². The Labute approximate surface area is 161 Å². The highest BCUT2D eigenvalue weighted by Crippen LogP contribution is 2.37. The van der Waals surface area contributed by atoms with Crippen molar-refractivity contribution in [2.75, 3.05) is 4.90 Å². The van der Waals surface area contributed by atoms with Crippen molar-refractivity contribution < 1.29 is 10.2 Å². The fourth-order valence-corrected chi connectivity index (χ4v) is 3.30. The van der Waals surface area contributed by atoms with E-state index < -0.39 is 0 Å². The molecule has 0 heterocycles. The molecule has 0 saturated heterocycles. The highest BCUT2D eigenvalue weighted by atomic mass is 16.3. The van der Waals surface area contributed by atoms with Gasteiger partial charge in [-0.3, -0.25) is 0 Å². The molecule has 2 N–H and O–H groups in total. The topological polar surface area (TPSA) is 43.7 Å². The van der Waals surface area contributed by atoms with Crippen LogP contribution in [0.25, 0.3) is 0 Å². The number of benzene rings is 3. The van der Waals surface area contributed by atoms with E-state index in [0.29, 0.717) is 0 Å². The third-order valence-corrected chi connectivity index (χ3v) is 5.26. The van der Waals surface area contributed by atoms with Crippen molar-refractivity contribution in [3.8, 4) is 0 Å². The van der Waals surface area contributed by atoms with Crippen molar-refractivity contribution in [1.29, 1.82) is 0 Å². The Kier molecular flexibility index (Phi) is 5.64. The van der Waals surface area contributed by atoms with Crippen molar-refractivity contribution in [3.63, 3.8) is 0 Å². The Morgan fingerprint density at radius 1 is 0.556 bits per heavy atom. The molecule has 3 rings (SSSR count). The van der Waals surface area contributed by atoms with Crippen molar-refractivity contribution >= 4 is 17.1 Å². The van der Waals surface area contributed by atoms with E-state index in [9.17, 15) is 10.2 Å². The van der Waals surface area contributed by atoms with E-state index in [-0.39, 0.29) is 13.2 Å². The standard InChI is InChI=1S/C24H27NO2/c1-16-5-8-22(11-17(16)2)25(23-9-6-20(14-26)18(3)12-23)24-10-7-21(15-27)19(4)13-24/h5-13,26-27H,14-15H2,1-4H3. The lowest BCUT2D eigenvalue weighted by atomic mass is 10.0. The Morgan fingerprint density at radius 3 is 1.33 bits per heavy atom.